The number of carbonyl (C=O) groups is 2. The summed E-state index contributed by atoms with van der Waals surface area (Å²) in [7, 11) is 0. The summed E-state index contributed by atoms with van der Waals surface area (Å²) in [6, 6.07) is 5.42. The summed E-state index contributed by atoms with van der Waals surface area (Å²) in [5.41, 5.74) is 6.12. The molecule has 0 aliphatic carbocycles. The van der Waals surface area contributed by atoms with Crippen LogP contribution in [0.5, 0.6) is 5.75 Å². The van der Waals surface area contributed by atoms with Crippen LogP contribution in [0.2, 0.25) is 0 Å². The molecule has 0 heterocycles. The largest absolute Gasteiger partial charge is 0.508 e. The Morgan fingerprint density at radius 3 is 2.00 bits per heavy atom. The van der Waals surface area contributed by atoms with E-state index in [1.807, 2.05) is 0 Å². The molecule has 10 nitrogen and oxygen atoms in total. The van der Waals surface area contributed by atoms with Crippen molar-refractivity contribution in [3.63, 3.8) is 0 Å². The first kappa shape index (κ1) is 22.9. The van der Waals surface area contributed by atoms with Crippen molar-refractivity contribution in [2.24, 2.45) is 5.73 Å². The second kappa shape index (κ2) is 11.5. The van der Waals surface area contributed by atoms with Gasteiger partial charge in [0.05, 0.1) is 6.61 Å². The van der Waals surface area contributed by atoms with E-state index >= 15 is 0 Å². The van der Waals surface area contributed by atoms with E-state index in [0.717, 1.165) is 5.56 Å². The highest BCUT2D eigenvalue weighted by Crippen LogP contribution is 2.10. The van der Waals surface area contributed by atoms with Crippen LogP contribution in [0, 0.1) is 0 Å². The van der Waals surface area contributed by atoms with Crippen LogP contribution in [0.25, 0.3) is 0 Å². The molecule has 142 valence electrons. The SMILES string of the molecule is N[C@@H](Cc1ccc(O)cc1)C(=O)O.O=C[C@H](O)[C@@H](O)[C@H](O)[C@H](O)CO. The van der Waals surface area contributed by atoms with E-state index in [2.05, 4.69) is 0 Å². The number of aliphatic hydroxyl groups is 5. The lowest BCUT2D eigenvalue weighted by molar-refractivity contribution is -0.138. The number of carbonyl (C=O) groups excluding carboxylic acids is 1. The van der Waals surface area contributed by atoms with Crippen molar-refractivity contribution in [1.82, 2.24) is 0 Å². The van der Waals surface area contributed by atoms with Gasteiger partial charge >= 0.3 is 5.97 Å². The summed E-state index contributed by atoms with van der Waals surface area (Å²) in [5.74, 6) is -0.860. The average Bonchev–Trinajstić information content (AvgIpc) is 2.61. The van der Waals surface area contributed by atoms with Gasteiger partial charge in [-0.1, -0.05) is 12.1 Å². The summed E-state index contributed by atoms with van der Waals surface area (Å²) < 4.78 is 0. The van der Waals surface area contributed by atoms with E-state index < -0.39 is 43.0 Å². The standard InChI is InChI=1S/C9H11NO3.C6H12O6/c10-8(9(12)13)5-6-1-3-7(11)4-2-6;7-1-3(9)5(11)6(12)4(10)2-8/h1-4,8,11H,5,10H2,(H,12,13);1,3-6,8-12H,2H2/t8-;3-,4+,5+,6+/m00/s1. The predicted molar refractivity (Wildman–Crippen MR) is 84.6 cm³/mol. The molecule has 0 spiro atoms. The smallest absolute Gasteiger partial charge is 0.320 e. The second-order valence-electron chi connectivity index (χ2n) is 5.17. The van der Waals surface area contributed by atoms with E-state index in [0.29, 0.717) is 0 Å². The summed E-state index contributed by atoms with van der Waals surface area (Å²) in [6.45, 7) is -0.760. The zero-order valence-electron chi connectivity index (χ0n) is 13.2. The third-order valence-corrected chi connectivity index (χ3v) is 3.13. The molecule has 1 aromatic carbocycles. The van der Waals surface area contributed by atoms with E-state index in [1.54, 1.807) is 12.1 Å². The van der Waals surface area contributed by atoms with Crippen molar-refractivity contribution in [3.05, 3.63) is 29.8 Å². The lowest BCUT2D eigenvalue weighted by Gasteiger charge is -2.22. The zero-order chi connectivity index (χ0) is 19.6. The molecule has 0 radical (unpaired) electrons. The van der Waals surface area contributed by atoms with Gasteiger partial charge in [-0.3, -0.25) is 4.79 Å². The van der Waals surface area contributed by atoms with Gasteiger partial charge in [-0.25, -0.2) is 0 Å². The Bertz CT molecular complexity index is 522. The number of hydrogen-bond acceptors (Lipinski definition) is 9. The number of aromatic hydroxyl groups is 1. The Labute approximate surface area is 143 Å². The molecular formula is C15H23NO9. The van der Waals surface area contributed by atoms with Crippen molar-refractivity contribution >= 4 is 12.3 Å². The van der Waals surface area contributed by atoms with Gasteiger partial charge in [-0.05, 0) is 24.1 Å². The van der Waals surface area contributed by atoms with Gasteiger partial charge in [-0.2, -0.15) is 0 Å². The number of aliphatic hydroxyl groups excluding tert-OH is 5. The Morgan fingerprint density at radius 1 is 1.08 bits per heavy atom. The van der Waals surface area contributed by atoms with Crippen LogP contribution in [-0.4, -0.2) is 85.1 Å². The lowest BCUT2D eigenvalue weighted by Crippen LogP contribution is -2.46. The first-order valence-electron chi connectivity index (χ1n) is 7.18. The van der Waals surface area contributed by atoms with E-state index in [9.17, 15) is 9.59 Å². The molecule has 1 rings (SSSR count). The molecule has 0 amide bonds. The fourth-order valence-corrected chi connectivity index (χ4v) is 1.59. The van der Waals surface area contributed by atoms with Crippen molar-refractivity contribution in [3.8, 4) is 5.75 Å². The Kier molecular flexibility index (Phi) is 10.5. The van der Waals surface area contributed by atoms with Crippen LogP contribution in [0.1, 0.15) is 5.56 Å². The molecule has 9 N–H and O–H groups in total. The fraction of sp³-hybridized carbons (Fsp3) is 0.467. The van der Waals surface area contributed by atoms with E-state index in [1.165, 1.54) is 12.1 Å². The number of carboxylic acid groups (broad SMARTS) is 1. The second-order valence-corrected chi connectivity index (χ2v) is 5.17. The molecular weight excluding hydrogens is 338 g/mol. The molecule has 5 atom stereocenters. The molecule has 1 aromatic rings. The maximum Gasteiger partial charge on any atom is 0.320 e. The molecule has 0 aliphatic heterocycles. The number of benzene rings is 1. The maximum absolute atomic E-state index is 10.4. The molecule has 0 bridgehead atoms. The summed E-state index contributed by atoms with van der Waals surface area (Å²) >= 11 is 0. The minimum Gasteiger partial charge on any atom is -0.508 e. The number of phenols is 1. The highest BCUT2D eigenvalue weighted by molar-refractivity contribution is 5.73. The molecule has 0 fully saturated rings. The molecule has 25 heavy (non-hydrogen) atoms. The van der Waals surface area contributed by atoms with Crippen LogP contribution in [0.4, 0.5) is 0 Å². The number of aliphatic carboxylic acids is 1. The minimum absolute atomic E-state index is 0.0258. The normalized spacial score (nSPS) is 16.6. The van der Waals surface area contributed by atoms with Crippen LogP contribution >= 0.6 is 0 Å². The number of hydrogen-bond donors (Lipinski definition) is 8. The average molecular weight is 361 g/mol. The minimum atomic E-state index is -1.79. The Morgan fingerprint density at radius 2 is 1.60 bits per heavy atom. The van der Waals surface area contributed by atoms with Crippen LogP contribution in [-0.2, 0) is 16.0 Å². The number of phenolic OH excluding ortho intramolecular Hbond substituents is 1. The van der Waals surface area contributed by atoms with Gasteiger partial charge in [-0.15, -0.1) is 0 Å². The molecule has 10 heteroatoms. The number of aldehydes is 1. The highest BCUT2D eigenvalue weighted by Gasteiger charge is 2.29. The summed E-state index contributed by atoms with van der Waals surface area (Å²) in [4.78, 5) is 20.3. The summed E-state index contributed by atoms with van der Waals surface area (Å²) in [6.07, 6.45) is -6.57. The lowest BCUT2D eigenvalue weighted by atomic mass is 10.0. The quantitative estimate of drug-likeness (QED) is 0.220. The third kappa shape index (κ3) is 8.54. The van der Waals surface area contributed by atoms with Crippen LogP contribution < -0.4 is 5.73 Å². The van der Waals surface area contributed by atoms with E-state index in [-0.39, 0.29) is 18.5 Å². The van der Waals surface area contributed by atoms with Gasteiger partial charge in [0.25, 0.3) is 0 Å². The first-order chi connectivity index (χ1) is 11.6. The van der Waals surface area contributed by atoms with Crippen molar-refractivity contribution < 1.29 is 45.3 Å². The van der Waals surface area contributed by atoms with Crippen LogP contribution in [0.15, 0.2) is 24.3 Å². The monoisotopic (exact) mass is 361 g/mol. The van der Waals surface area contributed by atoms with Gasteiger partial charge in [0.1, 0.15) is 36.2 Å². The predicted octanol–water partition coefficient (Wildman–Crippen LogP) is -3.03. The fourth-order valence-electron chi connectivity index (χ4n) is 1.59. The van der Waals surface area contributed by atoms with Gasteiger partial charge in [0, 0.05) is 0 Å². The van der Waals surface area contributed by atoms with Gasteiger partial charge < -0.3 is 46.3 Å². The topological polar surface area (TPSA) is 202 Å². The van der Waals surface area contributed by atoms with Crippen molar-refractivity contribution in [2.75, 3.05) is 6.61 Å². The van der Waals surface area contributed by atoms with Crippen molar-refractivity contribution in [2.45, 2.75) is 36.9 Å². The number of nitrogens with two attached hydrogens (primary N) is 1. The Balaban J connectivity index is 0.000000463. The first-order valence-corrected chi connectivity index (χ1v) is 7.18. The molecule has 0 saturated heterocycles. The van der Waals surface area contributed by atoms with Crippen molar-refractivity contribution in [1.29, 1.82) is 0 Å². The third-order valence-electron chi connectivity index (χ3n) is 3.13. The zero-order valence-corrected chi connectivity index (χ0v) is 13.2. The highest BCUT2D eigenvalue weighted by atomic mass is 16.4. The van der Waals surface area contributed by atoms with Gasteiger partial charge in [0.15, 0.2) is 6.29 Å². The van der Waals surface area contributed by atoms with Gasteiger partial charge in [0.2, 0.25) is 0 Å². The Hall–Kier alpha value is -2.08. The van der Waals surface area contributed by atoms with E-state index in [4.69, 9.17) is 41.5 Å². The summed E-state index contributed by atoms with van der Waals surface area (Å²) in [5, 5.41) is 61.0. The maximum atomic E-state index is 10.4. The molecule has 0 saturated carbocycles. The van der Waals surface area contributed by atoms with Crippen LogP contribution in [0.3, 0.4) is 0 Å². The molecule has 0 aliphatic rings. The number of carboxylic acids is 1. The molecule has 0 unspecified atom stereocenters. The number of rotatable bonds is 8. The molecule has 0 aromatic heterocycles.